The van der Waals surface area contributed by atoms with Gasteiger partial charge in [-0.1, -0.05) is 6.07 Å². The maximum absolute atomic E-state index is 12.4. The van der Waals surface area contributed by atoms with Gasteiger partial charge >= 0.3 is 6.18 Å². The second-order valence-corrected chi connectivity index (χ2v) is 5.79. The first-order valence-electron chi connectivity index (χ1n) is 8.00. The van der Waals surface area contributed by atoms with E-state index in [1.807, 2.05) is 6.07 Å². The number of carbonyl (C=O) groups is 1. The summed E-state index contributed by atoms with van der Waals surface area (Å²) in [5.41, 5.74) is 0.707. The Bertz CT molecular complexity index is 509. The Morgan fingerprint density at radius 2 is 2.12 bits per heavy atom. The van der Waals surface area contributed by atoms with E-state index in [1.165, 1.54) is 0 Å². The van der Waals surface area contributed by atoms with Crippen molar-refractivity contribution in [3.05, 3.63) is 30.1 Å². The SMILES string of the molecule is Cl.O=C(COCC(F)(F)F)N(Cc1ccccn1)C1CCCNCC1. The first kappa shape index (κ1) is 21.7. The fourth-order valence-corrected chi connectivity index (χ4v) is 2.74. The minimum Gasteiger partial charge on any atom is -0.362 e. The van der Waals surface area contributed by atoms with Crippen molar-refractivity contribution in [3.63, 3.8) is 0 Å². The van der Waals surface area contributed by atoms with Crippen LogP contribution in [0.4, 0.5) is 13.2 Å². The fraction of sp³-hybridized carbons (Fsp3) is 0.625. The van der Waals surface area contributed by atoms with Crippen molar-refractivity contribution in [1.29, 1.82) is 0 Å². The number of alkyl halides is 3. The molecule has 1 aliphatic heterocycles. The molecule has 9 heteroatoms. The van der Waals surface area contributed by atoms with Crippen LogP contribution >= 0.6 is 12.4 Å². The third-order valence-corrected chi connectivity index (χ3v) is 3.86. The van der Waals surface area contributed by atoms with Gasteiger partial charge in [0, 0.05) is 12.2 Å². The van der Waals surface area contributed by atoms with E-state index in [-0.39, 0.29) is 25.0 Å². The largest absolute Gasteiger partial charge is 0.411 e. The van der Waals surface area contributed by atoms with Gasteiger partial charge in [0.05, 0.1) is 12.2 Å². The summed E-state index contributed by atoms with van der Waals surface area (Å²) >= 11 is 0. The zero-order valence-electron chi connectivity index (χ0n) is 13.8. The number of nitrogens with zero attached hydrogens (tertiary/aromatic N) is 2. The highest BCUT2D eigenvalue weighted by Gasteiger charge is 2.30. The molecule has 1 aromatic heterocycles. The van der Waals surface area contributed by atoms with Gasteiger partial charge in [-0.15, -0.1) is 12.4 Å². The quantitative estimate of drug-likeness (QED) is 0.822. The van der Waals surface area contributed by atoms with E-state index >= 15 is 0 Å². The number of halogens is 4. The lowest BCUT2D eigenvalue weighted by Crippen LogP contribution is -2.42. The molecule has 2 heterocycles. The zero-order valence-corrected chi connectivity index (χ0v) is 14.6. The van der Waals surface area contributed by atoms with Crippen LogP contribution in [0, 0.1) is 0 Å². The number of pyridine rings is 1. The molecule has 1 aromatic rings. The fourth-order valence-electron chi connectivity index (χ4n) is 2.74. The summed E-state index contributed by atoms with van der Waals surface area (Å²) in [7, 11) is 0. The number of hydrogen-bond donors (Lipinski definition) is 1. The van der Waals surface area contributed by atoms with Gasteiger partial charge in [0.25, 0.3) is 0 Å². The lowest BCUT2D eigenvalue weighted by molar-refractivity contribution is -0.178. The molecular weight excluding hydrogens is 359 g/mol. The molecule has 1 N–H and O–H groups in total. The molecule has 5 nitrogen and oxygen atoms in total. The molecular formula is C16H23ClF3N3O2. The molecule has 1 unspecified atom stereocenters. The normalized spacial score (nSPS) is 18.1. The van der Waals surface area contributed by atoms with Crippen molar-refractivity contribution >= 4 is 18.3 Å². The molecule has 1 amide bonds. The second kappa shape index (κ2) is 10.6. The summed E-state index contributed by atoms with van der Waals surface area (Å²) in [5, 5.41) is 3.26. The van der Waals surface area contributed by atoms with Crippen LogP contribution in [0.25, 0.3) is 0 Å². The molecule has 142 valence electrons. The monoisotopic (exact) mass is 381 g/mol. The standard InChI is InChI=1S/C16H22F3N3O2.ClH/c17-16(18,19)12-24-11-15(23)22(10-13-4-1-2-8-21-13)14-5-3-7-20-9-6-14;/h1-2,4,8,14,20H,3,5-7,9-12H2;1H. The van der Waals surface area contributed by atoms with Gasteiger partial charge in [0.1, 0.15) is 13.2 Å². The summed E-state index contributed by atoms with van der Waals surface area (Å²) in [4.78, 5) is 18.2. The number of carbonyl (C=O) groups excluding carboxylic acids is 1. The summed E-state index contributed by atoms with van der Waals surface area (Å²) in [5.74, 6) is -0.434. The van der Waals surface area contributed by atoms with E-state index < -0.39 is 25.3 Å². The maximum atomic E-state index is 12.4. The average molecular weight is 382 g/mol. The van der Waals surface area contributed by atoms with Crippen LogP contribution in [0.3, 0.4) is 0 Å². The minimum absolute atomic E-state index is 0. The highest BCUT2D eigenvalue weighted by atomic mass is 35.5. The highest BCUT2D eigenvalue weighted by Crippen LogP contribution is 2.18. The van der Waals surface area contributed by atoms with Crippen LogP contribution in [0.2, 0.25) is 0 Å². The Morgan fingerprint density at radius 1 is 1.32 bits per heavy atom. The summed E-state index contributed by atoms with van der Waals surface area (Å²) in [6, 6.07) is 5.37. The maximum Gasteiger partial charge on any atom is 0.411 e. The Labute approximate surface area is 151 Å². The smallest absolute Gasteiger partial charge is 0.362 e. The van der Waals surface area contributed by atoms with Crippen molar-refractivity contribution in [2.75, 3.05) is 26.3 Å². The predicted octanol–water partition coefficient (Wildman–Crippen LogP) is 2.55. The number of hydrogen-bond acceptors (Lipinski definition) is 4. The lowest BCUT2D eigenvalue weighted by atomic mass is 10.1. The van der Waals surface area contributed by atoms with Crippen molar-refractivity contribution in [2.24, 2.45) is 0 Å². The van der Waals surface area contributed by atoms with E-state index in [1.54, 1.807) is 23.2 Å². The molecule has 0 saturated carbocycles. The number of amides is 1. The first-order chi connectivity index (χ1) is 11.5. The summed E-state index contributed by atoms with van der Waals surface area (Å²) < 4.78 is 41.1. The molecule has 0 aliphatic carbocycles. The van der Waals surface area contributed by atoms with Gasteiger partial charge in [-0.2, -0.15) is 13.2 Å². The van der Waals surface area contributed by atoms with Crippen LogP contribution in [-0.4, -0.2) is 54.3 Å². The summed E-state index contributed by atoms with van der Waals surface area (Å²) in [6.07, 6.45) is -0.312. The van der Waals surface area contributed by atoms with Gasteiger partial charge in [0.2, 0.25) is 5.91 Å². The molecule has 25 heavy (non-hydrogen) atoms. The van der Waals surface area contributed by atoms with Crippen LogP contribution < -0.4 is 5.32 Å². The third-order valence-electron chi connectivity index (χ3n) is 3.86. The van der Waals surface area contributed by atoms with Crippen molar-refractivity contribution in [2.45, 2.75) is 38.0 Å². The topological polar surface area (TPSA) is 54.5 Å². The van der Waals surface area contributed by atoms with Crippen LogP contribution in [0.5, 0.6) is 0 Å². The highest BCUT2D eigenvalue weighted by molar-refractivity contribution is 5.85. The Balaban J connectivity index is 0.00000312. The molecule has 1 atom stereocenters. The number of nitrogens with one attached hydrogen (secondary N) is 1. The Morgan fingerprint density at radius 3 is 2.80 bits per heavy atom. The van der Waals surface area contributed by atoms with Crippen LogP contribution in [-0.2, 0) is 16.1 Å². The van der Waals surface area contributed by atoms with E-state index in [4.69, 9.17) is 0 Å². The van der Waals surface area contributed by atoms with Gasteiger partial charge in [-0.05, 0) is 44.5 Å². The van der Waals surface area contributed by atoms with E-state index in [0.29, 0.717) is 5.69 Å². The van der Waals surface area contributed by atoms with Crippen LogP contribution in [0.1, 0.15) is 25.0 Å². The molecule has 0 bridgehead atoms. The van der Waals surface area contributed by atoms with E-state index in [0.717, 1.165) is 32.4 Å². The first-order valence-corrected chi connectivity index (χ1v) is 8.00. The molecule has 1 fully saturated rings. The molecule has 0 spiro atoms. The van der Waals surface area contributed by atoms with E-state index in [9.17, 15) is 18.0 Å². The number of rotatable bonds is 6. The molecule has 1 saturated heterocycles. The van der Waals surface area contributed by atoms with Crippen molar-refractivity contribution in [1.82, 2.24) is 15.2 Å². The Kier molecular flexibility index (Phi) is 9.16. The van der Waals surface area contributed by atoms with Gasteiger partial charge in [-0.25, -0.2) is 0 Å². The average Bonchev–Trinajstić information content (AvgIpc) is 2.81. The van der Waals surface area contributed by atoms with Crippen LogP contribution in [0.15, 0.2) is 24.4 Å². The van der Waals surface area contributed by atoms with Gasteiger partial charge in [0.15, 0.2) is 0 Å². The third kappa shape index (κ3) is 8.02. The summed E-state index contributed by atoms with van der Waals surface area (Å²) in [6.45, 7) is -0.0505. The zero-order chi connectivity index (χ0) is 17.4. The number of aromatic nitrogens is 1. The van der Waals surface area contributed by atoms with Crippen molar-refractivity contribution < 1.29 is 22.7 Å². The predicted molar refractivity (Wildman–Crippen MR) is 89.4 cm³/mol. The molecule has 0 radical (unpaired) electrons. The number of ether oxygens (including phenoxy) is 1. The minimum atomic E-state index is -4.43. The van der Waals surface area contributed by atoms with Crippen molar-refractivity contribution in [3.8, 4) is 0 Å². The van der Waals surface area contributed by atoms with E-state index in [2.05, 4.69) is 15.0 Å². The van der Waals surface area contributed by atoms with Gasteiger partial charge < -0.3 is 15.0 Å². The molecule has 0 aromatic carbocycles. The second-order valence-electron chi connectivity index (χ2n) is 5.79. The Hall–Kier alpha value is -1.38. The molecule has 2 rings (SSSR count). The van der Waals surface area contributed by atoms with Gasteiger partial charge in [-0.3, -0.25) is 9.78 Å². The lowest BCUT2D eigenvalue weighted by Gasteiger charge is -2.31. The molecule has 1 aliphatic rings.